The van der Waals surface area contributed by atoms with Gasteiger partial charge in [0.1, 0.15) is 29.4 Å². The molecule has 0 unspecified atom stereocenters. The van der Waals surface area contributed by atoms with Crippen LogP contribution in [0.1, 0.15) is 58.1 Å². The van der Waals surface area contributed by atoms with Crippen LogP contribution in [0, 0.1) is 13.8 Å². The Hall–Kier alpha value is -3.48. The van der Waals surface area contributed by atoms with E-state index in [1.165, 1.54) is 0 Å². The van der Waals surface area contributed by atoms with E-state index in [2.05, 4.69) is 18.9 Å². The van der Waals surface area contributed by atoms with Gasteiger partial charge in [-0.15, -0.1) is 0 Å². The van der Waals surface area contributed by atoms with Crippen molar-refractivity contribution in [2.75, 3.05) is 6.61 Å². The topological polar surface area (TPSA) is 73.6 Å². The number of hydrogen-bond acceptors (Lipinski definition) is 4. The van der Waals surface area contributed by atoms with Crippen molar-refractivity contribution in [1.29, 1.82) is 0 Å². The number of aromatic carboxylic acids is 1. The molecule has 0 spiro atoms. The maximum absolute atomic E-state index is 11.6. The van der Waals surface area contributed by atoms with Crippen LogP contribution >= 0.6 is 23.2 Å². The third-order valence-electron chi connectivity index (χ3n) is 6.44. The van der Waals surface area contributed by atoms with Gasteiger partial charge in [0.15, 0.2) is 0 Å². The van der Waals surface area contributed by atoms with Gasteiger partial charge < -0.3 is 14.6 Å². The fraction of sp³-hybridized carbons (Fsp3) is 0.267. The lowest BCUT2D eigenvalue weighted by atomic mass is 10.0. The molecule has 0 aliphatic heterocycles. The molecule has 0 atom stereocenters. The number of carboxylic acid groups (broad SMARTS) is 1. The van der Waals surface area contributed by atoms with Crippen molar-refractivity contribution in [3.05, 3.63) is 104 Å². The van der Waals surface area contributed by atoms with Gasteiger partial charge >= 0.3 is 5.97 Å². The highest BCUT2D eigenvalue weighted by Crippen LogP contribution is 2.32. The number of ether oxygens (including phenoxy) is 2. The molecule has 8 heteroatoms. The molecule has 38 heavy (non-hydrogen) atoms. The molecule has 0 fully saturated rings. The van der Waals surface area contributed by atoms with Crippen molar-refractivity contribution < 1.29 is 19.4 Å². The molecule has 3 aromatic carbocycles. The Bertz CT molecular complexity index is 1440. The van der Waals surface area contributed by atoms with Crippen LogP contribution in [0.3, 0.4) is 0 Å². The highest BCUT2D eigenvalue weighted by molar-refractivity contribution is 6.37. The van der Waals surface area contributed by atoms with E-state index < -0.39 is 5.97 Å². The summed E-state index contributed by atoms with van der Waals surface area (Å²) in [5.41, 5.74) is 5.60. The average molecular weight is 553 g/mol. The molecule has 0 saturated heterocycles. The van der Waals surface area contributed by atoms with Crippen molar-refractivity contribution in [1.82, 2.24) is 9.78 Å². The standard InChI is InChI=1S/C30H30Cl2N2O4/c1-18(2)23-16-33-34(29-24(31)8-6-9-25(29)32)26(23)17-38-22-12-11-21(20(4)15-22)13-14-37-27-10-5-7-19(3)28(27)30(35)36/h5-12,15-16,18H,13-14,17H2,1-4H3,(H,35,36). The molecule has 0 saturated carbocycles. The fourth-order valence-corrected chi connectivity index (χ4v) is 4.95. The van der Waals surface area contributed by atoms with Crippen LogP contribution in [-0.4, -0.2) is 27.5 Å². The molecule has 1 aromatic heterocycles. The van der Waals surface area contributed by atoms with E-state index >= 15 is 0 Å². The minimum atomic E-state index is -0.991. The molecule has 1 N–H and O–H groups in total. The Morgan fingerprint density at radius 3 is 2.37 bits per heavy atom. The number of carbonyl (C=O) groups is 1. The molecule has 4 aromatic rings. The minimum Gasteiger partial charge on any atom is -0.492 e. The molecule has 0 aliphatic rings. The molecule has 0 aliphatic carbocycles. The van der Waals surface area contributed by atoms with E-state index in [1.54, 1.807) is 48.0 Å². The maximum Gasteiger partial charge on any atom is 0.339 e. The van der Waals surface area contributed by atoms with Gasteiger partial charge in [-0.1, -0.05) is 61.3 Å². The molecule has 0 amide bonds. The molecule has 198 valence electrons. The number of aromatic nitrogens is 2. The van der Waals surface area contributed by atoms with Gasteiger partial charge in [0.2, 0.25) is 0 Å². The highest BCUT2D eigenvalue weighted by atomic mass is 35.5. The summed E-state index contributed by atoms with van der Waals surface area (Å²) in [6, 6.07) is 16.6. The van der Waals surface area contributed by atoms with Gasteiger partial charge in [-0.05, 0) is 72.4 Å². The van der Waals surface area contributed by atoms with E-state index in [4.69, 9.17) is 32.7 Å². The molecule has 4 rings (SSSR count). The Morgan fingerprint density at radius 2 is 1.71 bits per heavy atom. The normalized spacial score (nSPS) is 11.1. The highest BCUT2D eigenvalue weighted by Gasteiger charge is 2.19. The summed E-state index contributed by atoms with van der Waals surface area (Å²) >= 11 is 12.9. The molecule has 1 heterocycles. The van der Waals surface area contributed by atoms with Gasteiger partial charge in [-0.2, -0.15) is 5.10 Å². The number of hydrogen-bond donors (Lipinski definition) is 1. The Kier molecular flexibility index (Phi) is 8.65. The third-order valence-corrected chi connectivity index (χ3v) is 7.05. The van der Waals surface area contributed by atoms with E-state index in [0.29, 0.717) is 46.7 Å². The summed E-state index contributed by atoms with van der Waals surface area (Å²) in [5, 5.41) is 15.1. The first-order valence-corrected chi connectivity index (χ1v) is 13.1. The zero-order chi connectivity index (χ0) is 27.4. The first-order valence-electron chi connectivity index (χ1n) is 12.4. The first-order chi connectivity index (χ1) is 18.2. The van der Waals surface area contributed by atoms with Gasteiger partial charge in [0, 0.05) is 6.42 Å². The lowest BCUT2D eigenvalue weighted by Gasteiger charge is -2.16. The average Bonchev–Trinajstić information content (AvgIpc) is 3.27. The summed E-state index contributed by atoms with van der Waals surface area (Å²) in [7, 11) is 0. The zero-order valence-corrected chi connectivity index (χ0v) is 23.3. The van der Waals surface area contributed by atoms with Gasteiger partial charge in [0.25, 0.3) is 0 Å². The van der Waals surface area contributed by atoms with Gasteiger partial charge in [-0.3, -0.25) is 0 Å². The van der Waals surface area contributed by atoms with E-state index in [-0.39, 0.29) is 11.5 Å². The summed E-state index contributed by atoms with van der Waals surface area (Å²) in [6.45, 7) is 8.65. The number of nitrogens with zero attached hydrogens (tertiary/aromatic N) is 2. The minimum absolute atomic E-state index is 0.200. The lowest BCUT2D eigenvalue weighted by Crippen LogP contribution is -2.10. The number of aryl methyl sites for hydroxylation is 2. The fourth-order valence-electron chi connectivity index (χ4n) is 4.39. The van der Waals surface area contributed by atoms with Crippen LogP contribution in [0.25, 0.3) is 5.69 Å². The predicted octanol–water partition coefficient (Wildman–Crippen LogP) is 7.82. The SMILES string of the molecule is Cc1cc(OCc2c(C(C)C)cnn2-c2c(Cl)cccc2Cl)ccc1CCOc1cccc(C)c1C(=O)O. The number of benzene rings is 3. The Labute approximate surface area is 232 Å². The van der Waals surface area contributed by atoms with Crippen LogP contribution in [-0.2, 0) is 13.0 Å². The summed E-state index contributed by atoms with van der Waals surface area (Å²) in [6.07, 6.45) is 2.47. The Morgan fingerprint density at radius 1 is 1.00 bits per heavy atom. The van der Waals surface area contributed by atoms with Crippen molar-refractivity contribution in [3.63, 3.8) is 0 Å². The monoisotopic (exact) mass is 552 g/mol. The van der Waals surface area contributed by atoms with Crippen molar-refractivity contribution >= 4 is 29.2 Å². The predicted molar refractivity (Wildman–Crippen MR) is 151 cm³/mol. The summed E-state index contributed by atoms with van der Waals surface area (Å²) in [4.78, 5) is 11.6. The second kappa shape index (κ2) is 11.9. The van der Waals surface area contributed by atoms with Crippen LogP contribution in [0.4, 0.5) is 0 Å². The second-order valence-electron chi connectivity index (χ2n) is 9.41. The second-order valence-corrected chi connectivity index (χ2v) is 10.2. The molecule has 0 radical (unpaired) electrons. The molecular formula is C30H30Cl2N2O4. The zero-order valence-electron chi connectivity index (χ0n) is 21.8. The van der Waals surface area contributed by atoms with Crippen molar-refractivity contribution in [2.24, 2.45) is 0 Å². The molecule has 0 bridgehead atoms. The van der Waals surface area contributed by atoms with Gasteiger partial charge in [0.05, 0.1) is 28.5 Å². The quantitative estimate of drug-likeness (QED) is 0.217. The lowest BCUT2D eigenvalue weighted by molar-refractivity contribution is 0.0691. The van der Waals surface area contributed by atoms with Crippen molar-refractivity contribution in [2.45, 2.75) is 46.6 Å². The largest absolute Gasteiger partial charge is 0.492 e. The van der Waals surface area contributed by atoms with Crippen molar-refractivity contribution in [3.8, 4) is 17.2 Å². The van der Waals surface area contributed by atoms with E-state index in [1.807, 2.05) is 31.3 Å². The number of carboxylic acids is 1. The number of halogens is 2. The van der Waals surface area contributed by atoms with Crippen LogP contribution < -0.4 is 9.47 Å². The number of rotatable bonds is 10. The molecule has 6 nitrogen and oxygen atoms in total. The smallest absolute Gasteiger partial charge is 0.339 e. The third kappa shape index (κ3) is 5.98. The van der Waals surface area contributed by atoms with E-state index in [0.717, 1.165) is 28.1 Å². The Balaban J connectivity index is 1.47. The van der Waals surface area contributed by atoms with Crippen LogP contribution in [0.5, 0.6) is 11.5 Å². The number of para-hydroxylation sites is 1. The van der Waals surface area contributed by atoms with Gasteiger partial charge in [-0.25, -0.2) is 9.48 Å². The summed E-state index contributed by atoms with van der Waals surface area (Å²) < 4.78 is 13.8. The van der Waals surface area contributed by atoms with Crippen LogP contribution in [0.2, 0.25) is 10.0 Å². The summed E-state index contributed by atoms with van der Waals surface area (Å²) in [5.74, 6) is 0.357. The van der Waals surface area contributed by atoms with Crippen LogP contribution in [0.15, 0.2) is 60.8 Å². The molecular weight excluding hydrogens is 523 g/mol. The van der Waals surface area contributed by atoms with E-state index in [9.17, 15) is 9.90 Å². The maximum atomic E-state index is 11.6. The first kappa shape index (κ1) is 27.6.